The van der Waals surface area contributed by atoms with E-state index in [0.717, 1.165) is 18.3 Å². The van der Waals surface area contributed by atoms with Crippen LogP contribution in [0.25, 0.3) is 0 Å². The van der Waals surface area contributed by atoms with Crippen molar-refractivity contribution in [3.63, 3.8) is 0 Å². The van der Waals surface area contributed by atoms with Crippen LogP contribution in [-0.4, -0.2) is 22.6 Å². The van der Waals surface area contributed by atoms with Gasteiger partial charge in [-0.3, -0.25) is 0 Å². The number of rotatable bonds is 2. The SMILES string of the molecule is Nc1ncc(Cl)c(N2CCCC2C2CCCC2)n1. The fraction of sp³-hybridized carbons (Fsp3) is 0.692. The second kappa shape index (κ2) is 4.92. The largest absolute Gasteiger partial charge is 0.368 e. The minimum Gasteiger partial charge on any atom is -0.368 e. The quantitative estimate of drug-likeness (QED) is 0.894. The van der Waals surface area contributed by atoms with E-state index in [1.165, 1.54) is 38.5 Å². The van der Waals surface area contributed by atoms with Crippen molar-refractivity contribution in [2.45, 2.75) is 44.6 Å². The maximum absolute atomic E-state index is 6.23. The summed E-state index contributed by atoms with van der Waals surface area (Å²) in [4.78, 5) is 10.6. The second-order valence-corrected chi connectivity index (χ2v) is 5.75. The van der Waals surface area contributed by atoms with Gasteiger partial charge in [-0.15, -0.1) is 0 Å². The lowest BCUT2D eigenvalue weighted by Gasteiger charge is -2.30. The smallest absolute Gasteiger partial charge is 0.222 e. The Bertz CT molecular complexity index is 431. The van der Waals surface area contributed by atoms with E-state index in [1.54, 1.807) is 6.20 Å². The summed E-state index contributed by atoms with van der Waals surface area (Å²) in [7, 11) is 0. The van der Waals surface area contributed by atoms with Gasteiger partial charge in [0.05, 0.1) is 6.20 Å². The molecule has 0 aromatic carbocycles. The Labute approximate surface area is 113 Å². The van der Waals surface area contributed by atoms with Crippen LogP contribution in [0.5, 0.6) is 0 Å². The van der Waals surface area contributed by atoms with Gasteiger partial charge in [-0.2, -0.15) is 4.98 Å². The molecule has 4 nitrogen and oxygen atoms in total. The van der Waals surface area contributed by atoms with E-state index in [-0.39, 0.29) is 0 Å². The van der Waals surface area contributed by atoms with Gasteiger partial charge in [-0.1, -0.05) is 24.4 Å². The van der Waals surface area contributed by atoms with Crippen LogP contribution in [0, 0.1) is 5.92 Å². The molecule has 1 saturated heterocycles. The van der Waals surface area contributed by atoms with Gasteiger partial charge in [0.15, 0.2) is 5.82 Å². The number of anilines is 2. The summed E-state index contributed by atoms with van der Waals surface area (Å²) in [5, 5.41) is 0.620. The normalized spacial score (nSPS) is 24.9. The number of halogens is 1. The van der Waals surface area contributed by atoms with Crippen molar-refractivity contribution >= 4 is 23.4 Å². The van der Waals surface area contributed by atoms with Crippen LogP contribution < -0.4 is 10.6 Å². The van der Waals surface area contributed by atoms with Gasteiger partial charge in [0, 0.05) is 12.6 Å². The van der Waals surface area contributed by atoms with Crippen LogP contribution in [0.1, 0.15) is 38.5 Å². The molecule has 0 bridgehead atoms. The van der Waals surface area contributed by atoms with E-state index >= 15 is 0 Å². The Morgan fingerprint density at radius 3 is 2.78 bits per heavy atom. The molecule has 2 N–H and O–H groups in total. The van der Waals surface area contributed by atoms with Gasteiger partial charge in [-0.05, 0) is 31.6 Å². The molecule has 3 rings (SSSR count). The number of aromatic nitrogens is 2. The number of hydrogen-bond donors (Lipinski definition) is 1. The molecule has 0 spiro atoms. The first kappa shape index (κ1) is 12.0. The fourth-order valence-electron chi connectivity index (χ4n) is 3.46. The Morgan fingerprint density at radius 2 is 2.00 bits per heavy atom. The van der Waals surface area contributed by atoms with Gasteiger partial charge in [0.1, 0.15) is 5.02 Å². The molecule has 2 heterocycles. The highest BCUT2D eigenvalue weighted by atomic mass is 35.5. The lowest BCUT2D eigenvalue weighted by atomic mass is 9.96. The summed E-state index contributed by atoms with van der Waals surface area (Å²) in [6.07, 6.45) is 9.53. The Kier molecular flexibility index (Phi) is 3.29. The number of nitrogen functional groups attached to an aromatic ring is 1. The topological polar surface area (TPSA) is 55.0 Å². The lowest BCUT2D eigenvalue weighted by Crippen LogP contribution is -2.35. The number of nitrogens with two attached hydrogens (primary N) is 1. The molecule has 98 valence electrons. The van der Waals surface area contributed by atoms with Crippen LogP contribution in [0.2, 0.25) is 5.02 Å². The molecule has 1 unspecified atom stereocenters. The second-order valence-electron chi connectivity index (χ2n) is 5.35. The minimum absolute atomic E-state index is 0.312. The van der Waals surface area contributed by atoms with Crippen LogP contribution in [0.3, 0.4) is 0 Å². The van der Waals surface area contributed by atoms with E-state index in [0.29, 0.717) is 17.0 Å². The lowest BCUT2D eigenvalue weighted by molar-refractivity contribution is 0.429. The molecule has 1 atom stereocenters. The first-order chi connectivity index (χ1) is 8.75. The predicted octanol–water partition coefficient (Wildman–Crippen LogP) is 2.87. The molecule has 2 aliphatic rings. The van der Waals surface area contributed by atoms with Crippen LogP contribution in [0.4, 0.5) is 11.8 Å². The third-order valence-corrected chi connectivity index (χ3v) is 4.53. The maximum Gasteiger partial charge on any atom is 0.222 e. The van der Waals surface area contributed by atoms with Gasteiger partial charge in [0.2, 0.25) is 5.95 Å². The van der Waals surface area contributed by atoms with E-state index < -0.39 is 0 Å². The highest BCUT2D eigenvalue weighted by Crippen LogP contribution is 2.38. The zero-order chi connectivity index (χ0) is 12.5. The third kappa shape index (κ3) is 2.14. The Morgan fingerprint density at radius 1 is 1.22 bits per heavy atom. The van der Waals surface area contributed by atoms with Gasteiger partial charge < -0.3 is 10.6 Å². The summed E-state index contributed by atoms with van der Waals surface area (Å²) in [5.41, 5.74) is 5.69. The first-order valence-corrected chi connectivity index (χ1v) is 7.18. The van der Waals surface area contributed by atoms with Crippen LogP contribution in [-0.2, 0) is 0 Å². The summed E-state index contributed by atoms with van der Waals surface area (Å²) in [6, 6.07) is 0.597. The molecule has 18 heavy (non-hydrogen) atoms. The molecule has 5 heteroatoms. The molecule has 0 radical (unpaired) electrons. The summed E-state index contributed by atoms with van der Waals surface area (Å²) < 4.78 is 0. The average Bonchev–Trinajstić information content (AvgIpc) is 3.00. The number of hydrogen-bond acceptors (Lipinski definition) is 4. The first-order valence-electron chi connectivity index (χ1n) is 6.80. The van der Waals surface area contributed by atoms with Crippen molar-refractivity contribution in [2.24, 2.45) is 5.92 Å². The average molecular weight is 267 g/mol. The van der Waals surface area contributed by atoms with Gasteiger partial charge >= 0.3 is 0 Å². The number of nitrogens with zero attached hydrogens (tertiary/aromatic N) is 3. The molecule has 1 aromatic heterocycles. The maximum atomic E-state index is 6.23. The summed E-state index contributed by atoms with van der Waals surface area (Å²) in [5.74, 6) is 1.95. The van der Waals surface area contributed by atoms with Crippen LogP contribution in [0.15, 0.2) is 6.20 Å². The van der Waals surface area contributed by atoms with E-state index in [9.17, 15) is 0 Å². The molecule has 1 aromatic rings. The summed E-state index contributed by atoms with van der Waals surface area (Å²) >= 11 is 6.23. The van der Waals surface area contributed by atoms with E-state index in [1.807, 2.05) is 0 Å². The Balaban J connectivity index is 1.87. The molecule has 2 fully saturated rings. The Hall–Kier alpha value is -1.03. The van der Waals surface area contributed by atoms with Crippen LogP contribution >= 0.6 is 11.6 Å². The van der Waals surface area contributed by atoms with Crippen molar-refractivity contribution in [3.05, 3.63) is 11.2 Å². The highest BCUT2D eigenvalue weighted by molar-refractivity contribution is 6.32. The zero-order valence-corrected chi connectivity index (χ0v) is 11.2. The van der Waals surface area contributed by atoms with E-state index in [2.05, 4.69) is 14.9 Å². The predicted molar refractivity (Wildman–Crippen MR) is 73.8 cm³/mol. The standard InChI is InChI=1S/C13H19ClN4/c14-10-8-16-13(15)17-12(10)18-7-3-6-11(18)9-4-1-2-5-9/h8-9,11H,1-7H2,(H2,15,16,17). The molecular formula is C13H19ClN4. The van der Waals surface area contributed by atoms with Gasteiger partial charge in [-0.25, -0.2) is 4.98 Å². The van der Waals surface area contributed by atoms with Crippen molar-refractivity contribution in [3.8, 4) is 0 Å². The molecule has 1 aliphatic carbocycles. The molecular weight excluding hydrogens is 248 g/mol. The highest BCUT2D eigenvalue weighted by Gasteiger charge is 2.34. The van der Waals surface area contributed by atoms with Gasteiger partial charge in [0.25, 0.3) is 0 Å². The van der Waals surface area contributed by atoms with Crippen molar-refractivity contribution in [2.75, 3.05) is 17.2 Å². The molecule has 1 aliphatic heterocycles. The fourth-order valence-corrected chi connectivity index (χ4v) is 3.66. The monoisotopic (exact) mass is 266 g/mol. The van der Waals surface area contributed by atoms with Crippen molar-refractivity contribution in [1.29, 1.82) is 0 Å². The minimum atomic E-state index is 0.312. The zero-order valence-electron chi connectivity index (χ0n) is 10.5. The third-order valence-electron chi connectivity index (χ3n) is 4.26. The van der Waals surface area contributed by atoms with E-state index in [4.69, 9.17) is 17.3 Å². The van der Waals surface area contributed by atoms with Crippen molar-refractivity contribution < 1.29 is 0 Å². The van der Waals surface area contributed by atoms with Crippen molar-refractivity contribution in [1.82, 2.24) is 9.97 Å². The summed E-state index contributed by atoms with van der Waals surface area (Å²) in [6.45, 7) is 1.04. The molecule has 0 amide bonds. The molecule has 1 saturated carbocycles.